The van der Waals surface area contributed by atoms with Crippen LogP contribution in [-0.4, -0.2) is 15.0 Å². The van der Waals surface area contributed by atoms with Crippen LogP contribution in [0.2, 0.25) is 5.02 Å². The smallest absolute Gasteiger partial charge is 0.224 e. The molecule has 8 heteroatoms. The molecule has 1 heterocycles. The Bertz CT molecular complexity index is 643. The normalized spacial score (nSPS) is 10.5. The molecule has 0 atom stereocenters. The third kappa shape index (κ3) is 2.40. The zero-order valence-electron chi connectivity index (χ0n) is 8.17. The number of hydrogen-bond acceptors (Lipinski definition) is 4. The maximum Gasteiger partial charge on any atom is 0.224 e. The van der Waals surface area contributed by atoms with Crippen molar-refractivity contribution in [1.82, 2.24) is 15.0 Å². The van der Waals surface area contributed by atoms with Gasteiger partial charge in [-0.2, -0.15) is 4.98 Å². The fourth-order valence-corrected chi connectivity index (χ4v) is 1.57. The lowest BCUT2D eigenvalue weighted by atomic mass is 10.2. The molecule has 0 aliphatic carbocycles. The van der Waals surface area contributed by atoms with Crippen molar-refractivity contribution in [3.63, 3.8) is 0 Å². The summed E-state index contributed by atoms with van der Waals surface area (Å²) in [6.45, 7) is 0. The fraction of sp³-hybridized carbons (Fsp3) is 0. The molecule has 4 nitrogen and oxygen atoms in total. The maximum absolute atomic E-state index is 13.6. The van der Waals surface area contributed by atoms with Gasteiger partial charge in [-0.25, -0.2) is 13.8 Å². The second kappa shape index (κ2) is 4.34. The minimum Gasteiger partial charge on any atom is -0.369 e. The summed E-state index contributed by atoms with van der Waals surface area (Å²) in [4.78, 5) is 9.86. The number of nitrogens with zero attached hydrogens (tertiary/aromatic N) is 2. The van der Waals surface area contributed by atoms with E-state index in [1.165, 1.54) is 0 Å². The predicted molar refractivity (Wildman–Crippen MR) is 62.0 cm³/mol. The monoisotopic (exact) mass is 274 g/mol. The van der Waals surface area contributed by atoms with Crippen molar-refractivity contribution >= 4 is 29.8 Å². The van der Waals surface area contributed by atoms with E-state index in [1.807, 2.05) is 0 Å². The molecule has 0 aliphatic rings. The van der Waals surface area contributed by atoms with Crippen LogP contribution in [0.15, 0.2) is 12.1 Å². The first-order chi connectivity index (χ1) is 7.97. The number of rotatable bonds is 1. The van der Waals surface area contributed by atoms with E-state index in [-0.39, 0.29) is 27.1 Å². The third-order valence-electron chi connectivity index (χ3n) is 1.94. The molecule has 0 radical (unpaired) electrons. The van der Waals surface area contributed by atoms with E-state index < -0.39 is 11.6 Å². The van der Waals surface area contributed by atoms with Gasteiger partial charge in [-0.1, -0.05) is 11.6 Å². The molecule has 0 amide bonds. The average Bonchev–Trinajstić information content (AvgIpc) is 2.22. The van der Waals surface area contributed by atoms with E-state index in [0.29, 0.717) is 0 Å². The minimum atomic E-state index is -0.764. The zero-order valence-corrected chi connectivity index (χ0v) is 9.74. The summed E-state index contributed by atoms with van der Waals surface area (Å²) in [5, 5.41) is -0.313. The molecule has 3 N–H and O–H groups in total. The van der Waals surface area contributed by atoms with Crippen molar-refractivity contribution in [2.24, 2.45) is 0 Å². The molecular formula is C9H5ClF2N4S. The second-order valence-electron chi connectivity index (χ2n) is 3.11. The fourth-order valence-electron chi connectivity index (χ4n) is 1.23. The van der Waals surface area contributed by atoms with Gasteiger partial charge in [0.15, 0.2) is 0 Å². The molecular weight excluding hydrogens is 270 g/mol. The van der Waals surface area contributed by atoms with Crippen LogP contribution in [-0.2, 0) is 0 Å². The Morgan fingerprint density at radius 2 is 1.94 bits per heavy atom. The number of H-pyrrole nitrogens is 1. The molecule has 0 fully saturated rings. The first-order valence-corrected chi connectivity index (χ1v) is 5.15. The van der Waals surface area contributed by atoms with Gasteiger partial charge in [0, 0.05) is 0 Å². The van der Waals surface area contributed by atoms with Gasteiger partial charge in [0.25, 0.3) is 0 Å². The third-order valence-corrected chi connectivity index (χ3v) is 2.41. The molecule has 2 rings (SSSR count). The van der Waals surface area contributed by atoms with Gasteiger partial charge in [0.1, 0.15) is 17.5 Å². The maximum atomic E-state index is 13.6. The van der Waals surface area contributed by atoms with Crippen LogP contribution in [0.3, 0.4) is 0 Å². The van der Waals surface area contributed by atoms with Crippen LogP contribution >= 0.6 is 23.8 Å². The van der Waals surface area contributed by atoms with Crippen LogP contribution in [0, 0.1) is 16.4 Å². The molecule has 0 saturated carbocycles. The van der Waals surface area contributed by atoms with Crippen molar-refractivity contribution in [3.05, 3.63) is 33.6 Å². The number of benzene rings is 1. The quantitative estimate of drug-likeness (QED) is 0.620. The highest BCUT2D eigenvalue weighted by Gasteiger charge is 2.12. The molecule has 0 aliphatic heterocycles. The van der Waals surface area contributed by atoms with Crippen molar-refractivity contribution in [2.75, 3.05) is 5.73 Å². The number of aromatic amines is 1. The summed E-state index contributed by atoms with van der Waals surface area (Å²) in [6, 6.07) is 1.76. The molecule has 17 heavy (non-hydrogen) atoms. The average molecular weight is 275 g/mol. The topological polar surface area (TPSA) is 67.6 Å². The lowest BCUT2D eigenvalue weighted by Crippen LogP contribution is -2.01. The lowest BCUT2D eigenvalue weighted by Gasteiger charge is -2.04. The molecule has 0 saturated heterocycles. The highest BCUT2D eigenvalue weighted by atomic mass is 35.5. The minimum absolute atomic E-state index is 0.00410. The molecule has 2 aromatic rings. The number of nitrogen functional groups attached to an aromatic ring is 1. The summed E-state index contributed by atoms with van der Waals surface area (Å²) in [7, 11) is 0. The summed E-state index contributed by atoms with van der Waals surface area (Å²) in [5.74, 6) is -1.54. The van der Waals surface area contributed by atoms with Gasteiger partial charge < -0.3 is 10.7 Å². The molecule has 0 unspecified atom stereocenters. The van der Waals surface area contributed by atoms with E-state index in [9.17, 15) is 8.78 Å². The molecule has 0 spiro atoms. The van der Waals surface area contributed by atoms with Crippen molar-refractivity contribution in [3.8, 4) is 11.4 Å². The van der Waals surface area contributed by atoms with Crippen LogP contribution in [0.4, 0.5) is 14.7 Å². The van der Waals surface area contributed by atoms with Gasteiger partial charge in [0.05, 0.1) is 10.6 Å². The Hall–Kier alpha value is -1.60. The van der Waals surface area contributed by atoms with E-state index in [0.717, 1.165) is 12.1 Å². The Balaban J connectivity index is 2.68. The molecule has 1 aromatic heterocycles. The van der Waals surface area contributed by atoms with E-state index in [1.54, 1.807) is 0 Å². The molecule has 88 valence electrons. The number of aromatic nitrogens is 3. The summed E-state index contributed by atoms with van der Waals surface area (Å²) < 4.78 is 26.7. The number of nitrogens with two attached hydrogens (primary N) is 1. The van der Waals surface area contributed by atoms with Crippen molar-refractivity contribution in [1.29, 1.82) is 0 Å². The van der Waals surface area contributed by atoms with Gasteiger partial charge in [-0.05, 0) is 24.4 Å². The summed E-state index contributed by atoms with van der Waals surface area (Å²) in [5.41, 5.74) is 5.28. The lowest BCUT2D eigenvalue weighted by molar-refractivity contribution is 0.602. The van der Waals surface area contributed by atoms with Crippen molar-refractivity contribution in [2.45, 2.75) is 0 Å². The Morgan fingerprint density at radius 3 is 2.59 bits per heavy atom. The van der Waals surface area contributed by atoms with Gasteiger partial charge in [0.2, 0.25) is 10.7 Å². The highest BCUT2D eigenvalue weighted by Crippen LogP contribution is 2.25. The van der Waals surface area contributed by atoms with E-state index in [2.05, 4.69) is 15.0 Å². The predicted octanol–water partition coefficient (Wildman–Crippen LogP) is 2.71. The van der Waals surface area contributed by atoms with Crippen LogP contribution in [0.25, 0.3) is 11.4 Å². The number of nitrogens with one attached hydrogen (secondary N) is 1. The summed E-state index contributed by atoms with van der Waals surface area (Å²) >= 11 is 10.2. The van der Waals surface area contributed by atoms with Gasteiger partial charge >= 0.3 is 0 Å². The SMILES string of the molecule is Nc1nc(=S)nc(-c2cc(F)c(Cl)cc2F)[nH]1. The molecule has 1 aromatic carbocycles. The largest absolute Gasteiger partial charge is 0.369 e. The van der Waals surface area contributed by atoms with Gasteiger partial charge in [-0.3, -0.25) is 0 Å². The first kappa shape index (κ1) is 11.9. The van der Waals surface area contributed by atoms with Crippen LogP contribution in [0.5, 0.6) is 0 Å². The number of halogens is 3. The second-order valence-corrected chi connectivity index (χ2v) is 3.88. The van der Waals surface area contributed by atoms with Gasteiger partial charge in [-0.15, -0.1) is 0 Å². The standard InChI is InChI=1S/C9H5ClF2N4S/c10-4-2-5(11)3(1-6(4)12)7-14-8(13)16-9(17)15-7/h1-2H,(H3,13,14,15,16,17). The summed E-state index contributed by atoms with van der Waals surface area (Å²) in [6.07, 6.45) is 0. The van der Waals surface area contributed by atoms with E-state index in [4.69, 9.17) is 29.6 Å². The highest BCUT2D eigenvalue weighted by molar-refractivity contribution is 7.71. The Labute approximate surface area is 104 Å². The Morgan fingerprint density at radius 1 is 1.24 bits per heavy atom. The van der Waals surface area contributed by atoms with Crippen LogP contribution < -0.4 is 5.73 Å². The number of anilines is 1. The van der Waals surface area contributed by atoms with Crippen LogP contribution in [0.1, 0.15) is 0 Å². The van der Waals surface area contributed by atoms with E-state index >= 15 is 0 Å². The molecule has 0 bridgehead atoms. The number of hydrogen-bond donors (Lipinski definition) is 2. The zero-order chi connectivity index (χ0) is 12.6. The Kier molecular flexibility index (Phi) is 3.03. The first-order valence-electron chi connectivity index (χ1n) is 4.36. The van der Waals surface area contributed by atoms with Crippen molar-refractivity contribution < 1.29 is 8.78 Å².